The molecule has 0 aromatic rings. The lowest BCUT2D eigenvalue weighted by atomic mass is 10.0. The highest BCUT2D eigenvalue weighted by Gasteiger charge is 2.26. The van der Waals surface area contributed by atoms with Crippen LogP contribution in [0.25, 0.3) is 0 Å². The summed E-state index contributed by atoms with van der Waals surface area (Å²) in [6.07, 6.45) is 73.3. The number of hydrogen-bond donors (Lipinski definition) is 4. The van der Waals surface area contributed by atoms with E-state index in [-0.39, 0.29) is 12.5 Å². The summed E-state index contributed by atoms with van der Waals surface area (Å²) in [5.41, 5.74) is 0. The van der Waals surface area contributed by atoms with Crippen LogP contribution in [0.15, 0.2) is 36.5 Å². The average molecular weight is 929 g/mol. The van der Waals surface area contributed by atoms with E-state index in [0.717, 1.165) is 44.9 Å². The number of unbranched alkanes of at least 4 members (excludes halogenated alkanes) is 41. The summed E-state index contributed by atoms with van der Waals surface area (Å²) in [4.78, 5) is 12.5. The molecule has 5 heteroatoms. The number of aliphatic hydroxyl groups excluding tert-OH is 3. The molecule has 390 valence electrons. The first kappa shape index (κ1) is 64.6. The SMILES string of the molecule is CCCCCCCC/C=C/CC/C=C/CCCC(O)C(O)C(CO)NC(=O)CCCCCCCCCCCCCCCCCCC/C=C\CCCCCCCCCCCCCCCCCC. The third-order valence-corrected chi connectivity index (χ3v) is 13.9. The first-order chi connectivity index (χ1) is 32.6. The molecule has 0 aromatic carbocycles. The van der Waals surface area contributed by atoms with Crippen LogP contribution in [0.5, 0.6) is 0 Å². The van der Waals surface area contributed by atoms with Crippen LogP contribution in [0, 0.1) is 0 Å². The van der Waals surface area contributed by atoms with Gasteiger partial charge in [0.2, 0.25) is 5.91 Å². The number of allylic oxidation sites excluding steroid dienone is 6. The molecule has 0 saturated heterocycles. The van der Waals surface area contributed by atoms with Gasteiger partial charge in [-0.25, -0.2) is 0 Å². The largest absolute Gasteiger partial charge is 0.394 e. The molecule has 1 amide bonds. The third-order valence-electron chi connectivity index (χ3n) is 13.9. The first-order valence-electron chi connectivity index (χ1n) is 29.8. The van der Waals surface area contributed by atoms with Gasteiger partial charge in [-0.1, -0.05) is 275 Å². The molecule has 4 N–H and O–H groups in total. The minimum absolute atomic E-state index is 0.154. The second-order valence-corrected chi connectivity index (χ2v) is 20.5. The van der Waals surface area contributed by atoms with Gasteiger partial charge in [-0.15, -0.1) is 0 Å². The Kier molecular flexibility index (Phi) is 54.9. The topological polar surface area (TPSA) is 89.8 Å². The van der Waals surface area contributed by atoms with E-state index in [9.17, 15) is 20.1 Å². The van der Waals surface area contributed by atoms with E-state index < -0.39 is 18.2 Å². The van der Waals surface area contributed by atoms with E-state index >= 15 is 0 Å². The van der Waals surface area contributed by atoms with Crippen molar-refractivity contribution in [1.29, 1.82) is 0 Å². The fraction of sp³-hybridized carbons (Fsp3) is 0.885. The molecule has 0 aliphatic carbocycles. The van der Waals surface area contributed by atoms with Crippen LogP contribution in [0.1, 0.15) is 322 Å². The minimum Gasteiger partial charge on any atom is -0.394 e. The van der Waals surface area contributed by atoms with Gasteiger partial charge in [-0.3, -0.25) is 4.79 Å². The maximum atomic E-state index is 12.5. The molecule has 66 heavy (non-hydrogen) atoms. The Balaban J connectivity index is 3.47. The quantitative estimate of drug-likeness (QED) is 0.0361. The molecule has 0 aromatic heterocycles. The van der Waals surface area contributed by atoms with E-state index in [1.54, 1.807) is 0 Å². The predicted octanol–water partition coefficient (Wildman–Crippen LogP) is 18.6. The van der Waals surface area contributed by atoms with Crippen molar-refractivity contribution in [3.8, 4) is 0 Å². The molecular weight excluding hydrogens is 811 g/mol. The summed E-state index contributed by atoms with van der Waals surface area (Å²) in [6.45, 7) is 4.18. The molecule has 0 aliphatic heterocycles. The zero-order valence-electron chi connectivity index (χ0n) is 44.6. The second kappa shape index (κ2) is 56.2. The first-order valence-corrected chi connectivity index (χ1v) is 29.8. The standard InChI is InChI=1S/C61H117NO4/c1-3-5-7-9-11-13-15-17-19-20-21-22-23-24-25-26-27-28-29-30-31-32-33-34-35-36-37-38-39-40-42-44-46-48-50-52-54-56-60(65)62-58(57-63)61(66)59(64)55-53-51-49-47-45-43-41-18-16-14-12-10-8-6-4-2/h18,28-29,41,47,49,58-59,61,63-64,66H,3-17,19-27,30-40,42-46,48,50-57H2,1-2H3,(H,62,65)/b29-28-,41-18+,49-47+. The maximum Gasteiger partial charge on any atom is 0.220 e. The molecule has 0 bridgehead atoms. The molecule has 0 saturated carbocycles. The number of amides is 1. The van der Waals surface area contributed by atoms with E-state index in [2.05, 4.69) is 55.6 Å². The van der Waals surface area contributed by atoms with Gasteiger partial charge in [-0.05, 0) is 77.0 Å². The van der Waals surface area contributed by atoms with Gasteiger partial charge < -0.3 is 20.6 Å². The van der Waals surface area contributed by atoms with Crippen molar-refractivity contribution in [3.63, 3.8) is 0 Å². The summed E-state index contributed by atoms with van der Waals surface area (Å²) in [7, 11) is 0. The Morgan fingerprint density at radius 2 is 0.621 bits per heavy atom. The summed E-state index contributed by atoms with van der Waals surface area (Å²) >= 11 is 0. The highest BCUT2D eigenvalue weighted by atomic mass is 16.3. The molecular formula is C61H117NO4. The molecule has 0 spiro atoms. The number of hydrogen-bond acceptors (Lipinski definition) is 4. The van der Waals surface area contributed by atoms with Gasteiger partial charge >= 0.3 is 0 Å². The zero-order valence-corrected chi connectivity index (χ0v) is 44.6. The van der Waals surface area contributed by atoms with E-state index in [4.69, 9.17) is 0 Å². The predicted molar refractivity (Wildman–Crippen MR) is 291 cm³/mol. The van der Waals surface area contributed by atoms with Crippen LogP contribution >= 0.6 is 0 Å². The summed E-state index contributed by atoms with van der Waals surface area (Å²) < 4.78 is 0. The fourth-order valence-electron chi connectivity index (χ4n) is 9.35. The van der Waals surface area contributed by atoms with Crippen molar-refractivity contribution >= 4 is 5.91 Å². The maximum absolute atomic E-state index is 12.5. The smallest absolute Gasteiger partial charge is 0.220 e. The molecule has 0 radical (unpaired) electrons. The Bertz CT molecular complexity index is 1020. The van der Waals surface area contributed by atoms with E-state index in [1.165, 1.54) is 250 Å². The summed E-state index contributed by atoms with van der Waals surface area (Å²) in [5.74, 6) is -0.154. The lowest BCUT2D eigenvalue weighted by molar-refractivity contribution is -0.124. The van der Waals surface area contributed by atoms with Crippen molar-refractivity contribution in [3.05, 3.63) is 36.5 Å². The minimum atomic E-state index is -1.17. The zero-order chi connectivity index (χ0) is 47.9. The van der Waals surface area contributed by atoms with E-state index in [0.29, 0.717) is 12.8 Å². The van der Waals surface area contributed by atoms with Crippen LogP contribution in [0.2, 0.25) is 0 Å². The second-order valence-electron chi connectivity index (χ2n) is 20.5. The highest BCUT2D eigenvalue weighted by Crippen LogP contribution is 2.17. The third kappa shape index (κ3) is 50.4. The summed E-state index contributed by atoms with van der Waals surface area (Å²) in [5, 5.41) is 33.6. The monoisotopic (exact) mass is 928 g/mol. The molecule has 5 nitrogen and oxygen atoms in total. The molecule has 3 unspecified atom stereocenters. The van der Waals surface area contributed by atoms with Crippen LogP contribution in [-0.2, 0) is 4.79 Å². The van der Waals surface area contributed by atoms with Gasteiger partial charge in [0.25, 0.3) is 0 Å². The lowest BCUT2D eigenvalue weighted by Gasteiger charge is -2.26. The highest BCUT2D eigenvalue weighted by molar-refractivity contribution is 5.76. The Labute approximate surface area is 413 Å². The Morgan fingerprint density at radius 1 is 0.364 bits per heavy atom. The van der Waals surface area contributed by atoms with Crippen molar-refractivity contribution in [2.45, 2.75) is 340 Å². The van der Waals surface area contributed by atoms with Gasteiger partial charge in [0.1, 0.15) is 6.10 Å². The number of carbonyl (C=O) groups excluding carboxylic acids is 1. The number of rotatable bonds is 55. The average Bonchev–Trinajstić information content (AvgIpc) is 3.32. The number of nitrogens with one attached hydrogen (secondary N) is 1. The molecule has 3 atom stereocenters. The summed E-state index contributed by atoms with van der Waals surface area (Å²) in [6, 6.07) is -0.831. The van der Waals surface area contributed by atoms with Crippen LogP contribution in [0.4, 0.5) is 0 Å². The molecule has 0 heterocycles. The van der Waals surface area contributed by atoms with Gasteiger partial charge in [0, 0.05) is 6.42 Å². The number of aliphatic hydroxyl groups is 3. The van der Waals surface area contributed by atoms with Crippen LogP contribution in [-0.4, -0.2) is 46.1 Å². The van der Waals surface area contributed by atoms with Gasteiger partial charge in [-0.2, -0.15) is 0 Å². The van der Waals surface area contributed by atoms with Crippen molar-refractivity contribution in [2.24, 2.45) is 0 Å². The number of carbonyl (C=O) groups is 1. The normalized spacial score (nSPS) is 13.5. The van der Waals surface area contributed by atoms with Crippen molar-refractivity contribution in [2.75, 3.05) is 6.61 Å². The van der Waals surface area contributed by atoms with Gasteiger partial charge in [0.15, 0.2) is 0 Å². The lowest BCUT2D eigenvalue weighted by Crippen LogP contribution is -2.50. The van der Waals surface area contributed by atoms with E-state index in [1.807, 2.05) is 0 Å². The van der Waals surface area contributed by atoms with Crippen molar-refractivity contribution in [1.82, 2.24) is 5.32 Å². The molecule has 0 rings (SSSR count). The van der Waals surface area contributed by atoms with Crippen LogP contribution < -0.4 is 5.32 Å². The molecule has 0 aliphatic rings. The fourth-order valence-corrected chi connectivity index (χ4v) is 9.35. The van der Waals surface area contributed by atoms with Gasteiger partial charge in [0.05, 0.1) is 18.8 Å². The molecule has 0 fully saturated rings. The Morgan fingerprint density at radius 3 is 0.924 bits per heavy atom. The van der Waals surface area contributed by atoms with Crippen molar-refractivity contribution < 1.29 is 20.1 Å². The Hall–Kier alpha value is -1.43. The van der Waals surface area contributed by atoms with Crippen LogP contribution in [0.3, 0.4) is 0 Å².